The summed E-state index contributed by atoms with van der Waals surface area (Å²) >= 11 is 0. The van der Waals surface area contributed by atoms with Gasteiger partial charge in [-0.3, -0.25) is 29.0 Å². The molecule has 120 valence electrons. The first-order valence-corrected chi connectivity index (χ1v) is 5.52. The van der Waals surface area contributed by atoms with Crippen LogP contribution < -0.4 is 0 Å². The van der Waals surface area contributed by atoms with E-state index in [1.807, 2.05) is 0 Å². The molecule has 12 heteroatoms. The predicted molar refractivity (Wildman–Crippen MR) is 63.4 cm³/mol. The normalized spacial score (nSPS) is 9.73. The van der Waals surface area contributed by atoms with E-state index in [-0.39, 0.29) is 74.3 Å². The Morgan fingerprint density at radius 1 is 0.591 bits per heavy atom. The Bertz CT molecular complexity index is 327. The maximum atomic E-state index is 10.6. The van der Waals surface area contributed by atoms with Crippen molar-refractivity contribution in [3.8, 4) is 0 Å². The summed E-state index contributed by atoms with van der Waals surface area (Å²) in [6.45, 7) is -2.25. The van der Waals surface area contributed by atoms with Crippen LogP contribution in [0.3, 0.4) is 0 Å². The van der Waals surface area contributed by atoms with Gasteiger partial charge in [0.15, 0.2) is 0 Å². The molecule has 0 atom stereocenters. The topological polar surface area (TPSA) is 156 Å². The Morgan fingerprint density at radius 2 is 0.773 bits per heavy atom. The average Bonchev–Trinajstić information content (AvgIpc) is 2.22. The molecule has 0 aliphatic heterocycles. The Balaban J connectivity index is -0.00000180. The van der Waals surface area contributed by atoms with Crippen molar-refractivity contribution in [2.45, 2.75) is 0 Å². The molecule has 0 saturated heterocycles. The zero-order chi connectivity index (χ0) is 15.7. The van der Waals surface area contributed by atoms with E-state index in [9.17, 15) is 19.2 Å². The SMILES string of the molecule is O=C(O)CN(CCN(CC(=O)O)CC(=O)O)CC(=O)O.[Ce].[Zn]. The van der Waals surface area contributed by atoms with Gasteiger partial charge in [-0.1, -0.05) is 0 Å². The van der Waals surface area contributed by atoms with Crippen molar-refractivity contribution >= 4 is 23.9 Å². The molecule has 0 aliphatic rings. The summed E-state index contributed by atoms with van der Waals surface area (Å²) in [5, 5.41) is 34.5. The van der Waals surface area contributed by atoms with Gasteiger partial charge in [0.1, 0.15) is 0 Å². The third kappa shape index (κ3) is 16.2. The van der Waals surface area contributed by atoms with E-state index in [1.54, 1.807) is 0 Å². The van der Waals surface area contributed by atoms with Crippen molar-refractivity contribution in [2.75, 3.05) is 39.3 Å². The fourth-order valence-corrected chi connectivity index (χ4v) is 1.48. The fraction of sp³-hybridized carbons (Fsp3) is 0.600. The van der Waals surface area contributed by atoms with Crippen LogP contribution >= 0.6 is 0 Å². The summed E-state index contributed by atoms with van der Waals surface area (Å²) < 4.78 is 0. The van der Waals surface area contributed by atoms with E-state index < -0.39 is 50.1 Å². The molecule has 0 aliphatic carbocycles. The Morgan fingerprint density at radius 3 is 0.909 bits per heavy atom. The summed E-state index contributed by atoms with van der Waals surface area (Å²) in [6, 6.07) is 0. The summed E-state index contributed by atoms with van der Waals surface area (Å²) in [7, 11) is 0. The van der Waals surface area contributed by atoms with Crippen LogP contribution in [-0.2, 0) is 38.7 Å². The monoisotopic (exact) mass is 496 g/mol. The predicted octanol–water partition coefficient (Wildman–Crippen LogP) is -2.07. The summed E-state index contributed by atoms with van der Waals surface area (Å²) in [6.07, 6.45) is 0. The van der Waals surface area contributed by atoms with E-state index in [2.05, 4.69) is 0 Å². The second-order valence-electron chi connectivity index (χ2n) is 4.00. The number of aliphatic carboxylic acids is 4. The first-order valence-electron chi connectivity index (χ1n) is 5.52. The summed E-state index contributed by atoms with van der Waals surface area (Å²) in [5.74, 6) is -4.91. The maximum Gasteiger partial charge on any atom is 0.317 e. The molecule has 0 aromatic carbocycles. The molecular weight excluding hydrogens is 482 g/mol. The van der Waals surface area contributed by atoms with Gasteiger partial charge in [0.2, 0.25) is 0 Å². The minimum absolute atomic E-state index is 0. The summed E-state index contributed by atoms with van der Waals surface area (Å²) in [5.41, 5.74) is 0. The van der Waals surface area contributed by atoms with Crippen molar-refractivity contribution < 1.29 is 101 Å². The number of hydrogen-bond donors (Lipinski definition) is 4. The number of carboxylic acids is 4. The molecule has 0 saturated carbocycles. The van der Waals surface area contributed by atoms with Gasteiger partial charge in [-0.15, -0.1) is 0 Å². The van der Waals surface area contributed by atoms with E-state index in [0.29, 0.717) is 0 Å². The first kappa shape index (κ1) is 26.7. The standard InChI is InChI=1S/C10H16N2O8.Ce.Zn/c13-7(14)3-11(4-8(15)16)1-2-12(5-9(17)18)6-10(19)20;;/h1-6H2,(H,13,14)(H,15,16)(H,17,18)(H,19,20);;. The van der Waals surface area contributed by atoms with Crippen molar-refractivity contribution in [1.82, 2.24) is 9.80 Å². The molecule has 0 bridgehead atoms. The van der Waals surface area contributed by atoms with Gasteiger partial charge < -0.3 is 20.4 Å². The molecule has 22 heavy (non-hydrogen) atoms. The number of carboxylic acid groups (broad SMARTS) is 4. The van der Waals surface area contributed by atoms with Gasteiger partial charge in [-0.05, 0) is 0 Å². The van der Waals surface area contributed by atoms with Crippen LogP contribution in [0.1, 0.15) is 0 Å². The Kier molecular flexibility index (Phi) is 17.5. The molecule has 0 amide bonds. The van der Waals surface area contributed by atoms with Crippen LogP contribution in [0.5, 0.6) is 0 Å². The van der Waals surface area contributed by atoms with Crippen LogP contribution in [-0.4, -0.2) is 93.4 Å². The smallest absolute Gasteiger partial charge is 0.317 e. The Hall–Kier alpha value is -0.200. The third-order valence-corrected chi connectivity index (χ3v) is 2.17. The molecule has 0 spiro atoms. The average molecular weight is 498 g/mol. The van der Waals surface area contributed by atoms with Gasteiger partial charge >= 0.3 is 23.9 Å². The maximum absolute atomic E-state index is 10.6. The molecule has 0 fully saturated rings. The summed E-state index contributed by atoms with van der Waals surface area (Å²) in [4.78, 5) is 44.4. The van der Waals surface area contributed by atoms with Crippen LogP contribution in [0, 0.1) is 41.7 Å². The van der Waals surface area contributed by atoms with E-state index in [1.165, 1.54) is 0 Å². The van der Waals surface area contributed by atoms with E-state index >= 15 is 0 Å². The molecule has 0 aromatic heterocycles. The van der Waals surface area contributed by atoms with Crippen LogP contribution in [0.15, 0.2) is 0 Å². The fourth-order valence-electron chi connectivity index (χ4n) is 1.48. The van der Waals surface area contributed by atoms with Gasteiger partial charge in [0.05, 0.1) is 26.2 Å². The molecular formula is C10H16CeN2O8Zn. The van der Waals surface area contributed by atoms with Gasteiger partial charge in [-0.2, -0.15) is 0 Å². The van der Waals surface area contributed by atoms with Crippen molar-refractivity contribution in [3.05, 3.63) is 0 Å². The molecule has 0 unspecified atom stereocenters. The van der Waals surface area contributed by atoms with Gasteiger partial charge in [0, 0.05) is 74.3 Å². The second kappa shape index (κ2) is 14.4. The number of hydrogen-bond acceptors (Lipinski definition) is 6. The molecule has 0 aromatic rings. The van der Waals surface area contributed by atoms with Crippen molar-refractivity contribution in [2.24, 2.45) is 0 Å². The van der Waals surface area contributed by atoms with Crippen LogP contribution in [0.4, 0.5) is 0 Å². The van der Waals surface area contributed by atoms with Gasteiger partial charge in [-0.25, -0.2) is 0 Å². The number of carbonyl (C=O) groups is 4. The first-order chi connectivity index (χ1) is 9.20. The minimum Gasteiger partial charge on any atom is -0.480 e. The Labute approximate surface area is 172 Å². The second-order valence-corrected chi connectivity index (χ2v) is 4.00. The largest absolute Gasteiger partial charge is 0.480 e. The molecule has 0 radical (unpaired) electrons. The molecule has 4 N–H and O–H groups in total. The van der Waals surface area contributed by atoms with E-state index in [4.69, 9.17) is 20.4 Å². The zero-order valence-corrected chi connectivity index (χ0v) is 17.9. The van der Waals surface area contributed by atoms with Crippen molar-refractivity contribution in [1.29, 1.82) is 0 Å². The molecule has 0 rings (SSSR count). The van der Waals surface area contributed by atoms with E-state index in [0.717, 1.165) is 9.80 Å². The number of rotatable bonds is 11. The quantitative estimate of drug-likeness (QED) is 0.234. The third-order valence-electron chi connectivity index (χ3n) is 2.17. The van der Waals surface area contributed by atoms with Crippen LogP contribution in [0.25, 0.3) is 0 Å². The molecule has 0 heterocycles. The van der Waals surface area contributed by atoms with Crippen LogP contribution in [0.2, 0.25) is 0 Å². The van der Waals surface area contributed by atoms with Crippen molar-refractivity contribution in [3.63, 3.8) is 0 Å². The number of nitrogens with zero attached hydrogens (tertiary/aromatic N) is 2. The molecule has 10 nitrogen and oxygen atoms in total. The zero-order valence-electron chi connectivity index (χ0n) is 11.8. The van der Waals surface area contributed by atoms with Gasteiger partial charge in [0.25, 0.3) is 0 Å². The minimum atomic E-state index is -1.23.